The molecule has 0 aromatic carbocycles. The fourth-order valence-electron chi connectivity index (χ4n) is 2.06. The van der Waals surface area contributed by atoms with Crippen LogP contribution in [0, 0.1) is 0 Å². The van der Waals surface area contributed by atoms with E-state index in [9.17, 15) is 57.1 Å². The smallest absolute Gasteiger partial charge is 0.460 e. The largest absolute Gasteiger partial charge is 1.00 e. The molecule has 28 heavy (non-hydrogen) atoms. The minimum Gasteiger partial charge on any atom is -1.00 e. The van der Waals surface area contributed by atoms with Gasteiger partial charge in [0.2, 0.25) is 0 Å². The van der Waals surface area contributed by atoms with E-state index in [0.29, 0.717) is 4.90 Å². The third-order valence-corrected chi connectivity index (χ3v) is 3.73. The van der Waals surface area contributed by atoms with Gasteiger partial charge in [0.25, 0.3) is 0 Å². The monoisotopic (exact) mass is 558 g/mol. The first-order valence-corrected chi connectivity index (χ1v) is 6.93. The molecular weight excluding hydrogens is 546 g/mol. The van der Waals surface area contributed by atoms with Crippen LogP contribution in [0.3, 0.4) is 0 Å². The lowest BCUT2D eigenvalue weighted by atomic mass is 9.92. The molecule has 0 amide bonds. The topological polar surface area (TPSA) is 7.68 Å². The second kappa shape index (κ2) is 7.86. The Balaban J connectivity index is 0.00000729. The molecule has 0 aliphatic carbocycles. The third kappa shape index (κ3) is 4.26. The summed E-state index contributed by atoms with van der Waals surface area (Å²) in [6, 6.07) is 0. The van der Waals surface area contributed by atoms with E-state index in [0.717, 1.165) is 11.1 Å². The summed E-state index contributed by atoms with van der Waals surface area (Å²) in [5, 5.41) is 0. The number of hydrogen-bond donors (Lipinski definition) is 1. The third-order valence-electron chi connectivity index (χ3n) is 3.73. The van der Waals surface area contributed by atoms with Crippen LogP contribution in [0.5, 0.6) is 0 Å². The van der Waals surface area contributed by atoms with Crippen LogP contribution in [0.25, 0.3) is 0 Å². The maximum Gasteiger partial charge on any atom is 0.460 e. The van der Waals surface area contributed by atoms with Crippen molar-refractivity contribution in [1.29, 1.82) is 0 Å². The number of nitrogens with zero attached hydrogens (tertiary/aromatic N) is 1. The Morgan fingerprint density at radius 3 is 1.54 bits per heavy atom. The molecule has 168 valence electrons. The van der Waals surface area contributed by atoms with E-state index in [4.69, 9.17) is 0 Å². The minimum absolute atomic E-state index is 0. The molecule has 1 N–H and O–H groups in total. The minimum atomic E-state index is -7.84. The van der Waals surface area contributed by atoms with E-state index in [2.05, 4.69) is 0 Å². The highest BCUT2D eigenvalue weighted by atomic mass is 127. The lowest BCUT2D eigenvalue weighted by Crippen LogP contribution is -3.03. The van der Waals surface area contributed by atoms with Crippen molar-refractivity contribution in [3.05, 3.63) is 12.4 Å². The van der Waals surface area contributed by atoms with Crippen LogP contribution in [-0.2, 0) is 0 Å². The van der Waals surface area contributed by atoms with E-state index in [1.54, 1.807) is 0 Å². The van der Waals surface area contributed by atoms with Crippen LogP contribution >= 0.6 is 0 Å². The van der Waals surface area contributed by atoms with E-state index < -0.39 is 48.8 Å². The predicted molar refractivity (Wildman–Crippen MR) is 63.0 cm³/mol. The van der Waals surface area contributed by atoms with Crippen molar-refractivity contribution in [2.24, 2.45) is 0 Å². The molecule has 1 aliphatic heterocycles. The first-order chi connectivity index (χ1) is 11.7. The zero-order valence-corrected chi connectivity index (χ0v) is 15.7. The van der Waals surface area contributed by atoms with Crippen LogP contribution in [-0.4, -0.2) is 60.9 Å². The van der Waals surface area contributed by atoms with Gasteiger partial charge in [0.15, 0.2) is 6.67 Å². The molecule has 0 spiro atoms. The number of quaternary nitrogens is 1. The van der Waals surface area contributed by atoms with Crippen molar-refractivity contribution in [2.75, 3.05) is 20.3 Å². The first kappa shape index (κ1) is 27.3. The van der Waals surface area contributed by atoms with Gasteiger partial charge in [0, 0.05) is 13.0 Å². The molecule has 0 aromatic heterocycles. The molecule has 1 rings (SSSR count). The lowest BCUT2D eigenvalue weighted by Gasteiger charge is -2.40. The summed E-state index contributed by atoms with van der Waals surface area (Å²) in [5.74, 6) is -36.5. The number of halogens is 14. The van der Waals surface area contributed by atoms with Gasteiger partial charge in [-0.15, -0.1) is 0 Å². The van der Waals surface area contributed by atoms with Crippen LogP contribution < -0.4 is 28.9 Å². The van der Waals surface area contributed by atoms with E-state index in [-0.39, 0.29) is 30.6 Å². The van der Waals surface area contributed by atoms with Gasteiger partial charge in [-0.2, -0.15) is 57.1 Å². The Morgan fingerprint density at radius 2 is 1.18 bits per heavy atom. The number of rotatable bonds is 7. The molecule has 0 aromatic rings. The maximum absolute atomic E-state index is 13.5. The zero-order chi connectivity index (χ0) is 21.7. The maximum atomic E-state index is 13.5. The quantitative estimate of drug-likeness (QED) is 0.351. The number of nitrogens with one attached hydrogen (secondary N) is 1. The van der Waals surface area contributed by atoms with E-state index in [1.807, 2.05) is 0 Å². The van der Waals surface area contributed by atoms with Crippen LogP contribution in [0.4, 0.5) is 57.1 Å². The Morgan fingerprint density at radius 1 is 0.750 bits per heavy atom. The fourth-order valence-corrected chi connectivity index (χ4v) is 2.06. The summed E-state index contributed by atoms with van der Waals surface area (Å²) < 4.78 is 168. The average molecular weight is 558 g/mol. The number of hydrogen-bond acceptors (Lipinski definition) is 1. The van der Waals surface area contributed by atoms with Crippen molar-refractivity contribution in [1.82, 2.24) is 4.90 Å². The van der Waals surface area contributed by atoms with Crippen molar-refractivity contribution in [3.8, 4) is 0 Å². The molecule has 1 unspecified atom stereocenters. The Hall–Kier alpha value is -0.680. The molecule has 0 radical (unpaired) electrons. The standard InChI is InChI=1S/C12H11F13N2.HI/c1-26-4-5-27(6-26)3-2-7(13,14)8(15,16)9(17,18)10(19,20)11(21,22)12(23,24)25;/h4-5H,2-3,6H2,1H3;1H. The Kier molecular flexibility index (Phi) is 7.67. The van der Waals surface area contributed by atoms with Crippen LogP contribution in [0.15, 0.2) is 12.4 Å². The molecule has 0 saturated heterocycles. The summed E-state index contributed by atoms with van der Waals surface area (Å²) in [5.41, 5.74) is 0. The normalized spacial score (nSPS) is 19.8. The van der Waals surface area contributed by atoms with Gasteiger partial charge in [-0.05, 0) is 0 Å². The summed E-state index contributed by atoms with van der Waals surface area (Å²) in [4.78, 5) is 1.45. The van der Waals surface area contributed by atoms with Gasteiger partial charge in [-0.3, -0.25) is 4.90 Å². The SMILES string of the molecule is C[NH+]1C=CN(CCC(F)(F)C(F)(F)C(F)(F)C(F)(F)C(F)(F)C(F)(F)F)C1.[I-]. The van der Waals surface area contributed by atoms with E-state index >= 15 is 0 Å². The highest BCUT2D eigenvalue weighted by molar-refractivity contribution is 5.10. The van der Waals surface area contributed by atoms with Crippen LogP contribution in [0.1, 0.15) is 6.42 Å². The molecule has 2 nitrogen and oxygen atoms in total. The molecule has 1 atom stereocenters. The highest BCUT2D eigenvalue weighted by Gasteiger charge is 2.90. The number of alkyl halides is 13. The van der Waals surface area contributed by atoms with Gasteiger partial charge < -0.3 is 28.9 Å². The van der Waals surface area contributed by atoms with Crippen LogP contribution in [0.2, 0.25) is 0 Å². The lowest BCUT2D eigenvalue weighted by molar-refractivity contribution is -0.826. The van der Waals surface area contributed by atoms with Gasteiger partial charge in [-0.1, -0.05) is 0 Å². The average Bonchev–Trinajstić information content (AvgIpc) is 2.89. The molecular formula is C12H12F13IN2. The molecule has 1 heterocycles. The Labute approximate surface area is 166 Å². The fraction of sp³-hybridized carbons (Fsp3) is 0.833. The van der Waals surface area contributed by atoms with Gasteiger partial charge in [-0.25, -0.2) is 0 Å². The van der Waals surface area contributed by atoms with Gasteiger partial charge >= 0.3 is 35.8 Å². The summed E-state index contributed by atoms with van der Waals surface area (Å²) in [6.45, 7) is -1.16. The first-order valence-electron chi connectivity index (χ1n) is 6.93. The second-order valence-corrected chi connectivity index (χ2v) is 5.88. The molecule has 1 aliphatic rings. The summed E-state index contributed by atoms with van der Waals surface area (Å²) >= 11 is 0. The van der Waals surface area contributed by atoms with Crippen molar-refractivity contribution < 1.29 is 86.0 Å². The van der Waals surface area contributed by atoms with Gasteiger partial charge in [0.05, 0.1) is 13.2 Å². The Bertz CT molecular complexity index is 572. The summed E-state index contributed by atoms with van der Waals surface area (Å²) in [7, 11) is 1.48. The highest BCUT2D eigenvalue weighted by Crippen LogP contribution is 2.60. The zero-order valence-electron chi connectivity index (χ0n) is 13.5. The van der Waals surface area contributed by atoms with Crippen molar-refractivity contribution >= 4 is 0 Å². The van der Waals surface area contributed by atoms with Crippen molar-refractivity contribution in [2.45, 2.75) is 42.2 Å². The molecule has 16 heteroatoms. The molecule has 0 bridgehead atoms. The molecule has 0 saturated carbocycles. The van der Waals surface area contributed by atoms with Crippen molar-refractivity contribution in [3.63, 3.8) is 0 Å². The second-order valence-electron chi connectivity index (χ2n) is 5.88. The van der Waals surface area contributed by atoms with E-state index in [1.165, 1.54) is 13.2 Å². The summed E-state index contributed by atoms with van der Waals surface area (Å²) in [6.07, 6.45) is -7.17. The van der Waals surface area contributed by atoms with Gasteiger partial charge in [0.1, 0.15) is 6.20 Å². The predicted octanol–water partition coefficient (Wildman–Crippen LogP) is 0.378. The molecule has 0 fully saturated rings.